The third-order valence-corrected chi connectivity index (χ3v) is 15.6. The maximum atomic E-state index is 13.4. The zero-order valence-corrected chi connectivity index (χ0v) is 52.2. The number of ketones is 1. The summed E-state index contributed by atoms with van der Waals surface area (Å²) in [5.41, 5.74) is 2.53. The van der Waals surface area contributed by atoms with Crippen LogP contribution in [0.25, 0.3) is 0 Å². The summed E-state index contributed by atoms with van der Waals surface area (Å²) in [7, 11) is 0. The molecule has 2 atom stereocenters. The van der Waals surface area contributed by atoms with Crippen LogP contribution in [0.4, 0.5) is 15.3 Å². The first-order valence-corrected chi connectivity index (χ1v) is 30.8. The van der Waals surface area contributed by atoms with Gasteiger partial charge in [-0.3, -0.25) is 33.8 Å². The number of aromatic hydroxyl groups is 4. The number of unbranched alkanes of at least 4 members (excludes halogenated alkanes) is 1. The van der Waals surface area contributed by atoms with Gasteiger partial charge in [-0.15, -0.1) is 0 Å². The minimum absolute atomic E-state index is 0.00915. The Balaban J connectivity index is 0.771. The SMILES string of the molecule is O=C(O)CCC(NC(=O)NC(CCCCNC(=O)CCc1ccc(O)c(CN(CCN(CC(=O)O)Cc2cc(CCC(=O)CCCOCCOCCNC(=O)Nc3ccc4c(c3)C(=O)OC43c4ccc(O)cc4Oc4cc(O)ccc43)ccc2O)CC(=O)O)c1)C(=O)O)C(=O)O. The molecule has 514 valence electrons. The molecule has 30 nitrogen and oxygen atoms in total. The molecule has 5 amide bonds. The largest absolute Gasteiger partial charge is 0.508 e. The second-order valence-electron chi connectivity index (χ2n) is 22.9. The number of Topliss-reactive ketones (excluding diaryl/α,β-unsaturated/α-hetero) is 1. The molecule has 7 rings (SSSR count). The Morgan fingerprint density at radius 1 is 0.521 bits per heavy atom. The number of esters is 1. The predicted molar refractivity (Wildman–Crippen MR) is 338 cm³/mol. The first-order valence-electron chi connectivity index (χ1n) is 30.8. The summed E-state index contributed by atoms with van der Waals surface area (Å²) in [6.07, 6.45) is 0.951. The molecule has 30 heteroatoms. The number of urea groups is 2. The van der Waals surface area contributed by atoms with Crippen molar-refractivity contribution in [2.75, 3.05) is 71.0 Å². The number of amides is 5. The molecular weight excluding hydrogens is 1260 g/mol. The summed E-state index contributed by atoms with van der Waals surface area (Å²) in [6.45, 7) is 0.164. The molecule has 2 aliphatic rings. The number of carboxylic acids is 5. The minimum atomic E-state index is -1.56. The van der Waals surface area contributed by atoms with Crippen molar-refractivity contribution in [1.29, 1.82) is 0 Å². The van der Waals surface area contributed by atoms with Gasteiger partial charge in [-0.2, -0.15) is 0 Å². The summed E-state index contributed by atoms with van der Waals surface area (Å²) >= 11 is 0. The molecule has 2 aliphatic heterocycles. The molecule has 5 aromatic carbocycles. The maximum absolute atomic E-state index is 13.4. The fourth-order valence-corrected chi connectivity index (χ4v) is 10.9. The first kappa shape index (κ1) is 72.9. The van der Waals surface area contributed by atoms with Crippen molar-refractivity contribution in [1.82, 2.24) is 31.1 Å². The average Bonchev–Trinajstić information content (AvgIpc) is 1.48. The maximum Gasteiger partial charge on any atom is 0.340 e. The quantitative estimate of drug-likeness (QED) is 0.0182. The third-order valence-electron chi connectivity index (χ3n) is 15.6. The molecule has 0 radical (unpaired) electrons. The van der Waals surface area contributed by atoms with Crippen LogP contribution in [0.2, 0.25) is 0 Å². The van der Waals surface area contributed by atoms with E-state index in [1.54, 1.807) is 48.5 Å². The topological polar surface area (TPSA) is 456 Å². The highest BCUT2D eigenvalue weighted by Gasteiger charge is 2.54. The van der Waals surface area contributed by atoms with Gasteiger partial charge in [0.05, 0.1) is 38.5 Å². The number of carboxylic acid groups (broad SMARTS) is 5. The van der Waals surface area contributed by atoms with E-state index in [1.807, 2.05) is 0 Å². The Bertz CT molecular complexity index is 3610. The molecule has 96 heavy (non-hydrogen) atoms. The number of anilines is 1. The lowest BCUT2D eigenvalue weighted by molar-refractivity contribution is -0.141. The molecule has 2 unspecified atom stereocenters. The van der Waals surface area contributed by atoms with E-state index in [0.717, 1.165) is 0 Å². The number of phenols is 4. The van der Waals surface area contributed by atoms with Gasteiger partial charge in [0.2, 0.25) is 5.91 Å². The minimum Gasteiger partial charge on any atom is -0.508 e. The number of carbonyl (C=O) groups excluding carboxylic acids is 5. The molecule has 1 spiro atoms. The van der Waals surface area contributed by atoms with Gasteiger partial charge in [-0.1, -0.05) is 30.3 Å². The second kappa shape index (κ2) is 35.1. The number of benzene rings is 5. The van der Waals surface area contributed by atoms with E-state index >= 15 is 0 Å². The summed E-state index contributed by atoms with van der Waals surface area (Å²) in [5, 5.41) is 102. The van der Waals surface area contributed by atoms with Gasteiger partial charge in [0.15, 0.2) is 5.60 Å². The number of nitrogens with zero attached hydrogens (tertiary/aromatic N) is 2. The number of carbonyl (C=O) groups is 10. The first-order chi connectivity index (χ1) is 45.9. The summed E-state index contributed by atoms with van der Waals surface area (Å²) in [5.74, 6) is -7.51. The van der Waals surface area contributed by atoms with Crippen molar-refractivity contribution in [2.24, 2.45) is 0 Å². The Kier molecular flexibility index (Phi) is 26.6. The van der Waals surface area contributed by atoms with Crippen LogP contribution in [0, 0.1) is 0 Å². The van der Waals surface area contributed by atoms with E-state index in [4.69, 9.17) is 24.1 Å². The lowest BCUT2D eigenvalue weighted by Crippen LogP contribution is -2.51. The van der Waals surface area contributed by atoms with Crippen LogP contribution in [0.15, 0.2) is 91.0 Å². The number of nitrogens with one attached hydrogen (secondary N) is 5. The molecular formula is C66H77N7O23. The monoisotopic (exact) mass is 1340 g/mol. The molecule has 5 aromatic rings. The third kappa shape index (κ3) is 21.5. The normalized spacial score (nSPS) is 13.1. The molecule has 0 saturated heterocycles. The van der Waals surface area contributed by atoms with E-state index in [1.165, 1.54) is 52.3 Å². The fourth-order valence-electron chi connectivity index (χ4n) is 10.9. The Labute approximate surface area is 549 Å². The number of hydrogen-bond donors (Lipinski definition) is 14. The van der Waals surface area contributed by atoms with Gasteiger partial charge in [0.25, 0.3) is 0 Å². The van der Waals surface area contributed by atoms with Gasteiger partial charge < -0.3 is 91.5 Å². The predicted octanol–water partition coefficient (Wildman–Crippen LogP) is 4.98. The molecule has 0 saturated carbocycles. The van der Waals surface area contributed by atoms with Gasteiger partial charge in [0, 0.05) is 117 Å². The highest BCUT2D eigenvalue weighted by molar-refractivity contribution is 5.99. The number of phenolic OH excluding ortho intramolecular Hbond substituents is 4. The van der Waals surface area contributed by atoms with Crippen LogP contribution < -0.4 is 31.3 Å². The molecule has 0 fully saturated rings. The van der Waals surface area contributed by atoms with E-state index in [9.17, 15) is 88.8 Å². The summed E-state index contributed by atoms with van der Waals surface area (Å²) < 4.78 is 23.3. The molecule has 2 heterocycles. The molecule has 14 N–H and O–H groups in total. The van der Waals surface area contributed by atoms with Gasteiger partial charge in [-0.05, 0) is 105 Å². The highest BCUT2D eigenvalue weighted by atomic mass is 16.6. The van der Waals surface area contributed by atoms with Crippen LogP contribution in [0.3, 0.4) is 0 Å². The van der Waals surface area contributed by atoms with Crippen LogP contribution >= 0.6 is 0 Å². The van der Waals surface area contributed by atoms with Gasteiger partial charge >= 0.3 is 47.9 Å². The number of rotatable bonds is 40. The number of ether oxygens (including phenoxy) is 4. The Hall–Kier alpha value is -10.6. The van der Waals surface area contributed by atoms with Crippen molar-refractivity contribution in [3.63, 3.8) is 0 Å². The second-order valence-corrected chi connectivity index (χ2v) is 22.9. The Morgan fingerprint density at radius 3 is 1.64 bits per heavy atom. The van der Waals surface area contributed by atoms with Gasteiger partial charge in [-0.25, -0.2) is 24.0 Å². The van der Waals surface area contributed by atoms with Crippen molar-refractivity contribution in [3.8, 4) is 34.5 Å². The lowest BCUT2D eigenvalue weighted by Gasteiger charge is -2.36. The van der Waals surface area contributed by atoms with E-state index < -0.39 is 91.5 Å². The lowest BCUT2D eigenvalue weighted by atomic mass is 9.77. The summed E-state index contributed by atoms with van der Waals surface area (Å²) in [4.78, 5) is 125. The standard InChI is InChI=1S/C66H77N7O23/c74-44(4-3-26-93-28-29-94-27-23-68-64(91)69-43-10-14-48-47(32-43)63(90)96-66(48)49-15-12-45(75)33-55(49)95-56-34-46(76)13-16-50(56)66)11-6-39-7-18-53(77)41(30-39)35-72(37-59(82)83)24-25-73(38-60(84)85)36-42-31-40(8-19-54(42)78)9-20-57(79)67-22-2-1-5-51(61(86)87)70-65(92)71-52(62(88)89)17-21-58(80)81/h7-8,10,12-16,18-19,30-34,51-52,75-78H,1-6,9,11,17,20-29,35-38H2,(H,67,79)(H,80,81)(H,82,83)(H,84,85)(H,86,87)(H,88,89)(H2,68,69,91)(H2,70,71,92). The van der Waals surface area contributed by atoms with Crippen LogP contribution in [-0.4, -0.2) is 193 Å². The van der Waals surface area contributed by atoms with Crippen molar-refractivity contribution in [2.45, 2.75) is 101 Å². The fraction of sp³-hybridized carbons (Fsp3) is 0.394. The van der Waals surface area contributed by atoms with Crippen LogP contribution in [0.5, 0.6) is 34.5 Å². The van der Waals surface area contributed by atoms with E-state index in [2.05, 4.69) is 26.6 Å². The molecule has 0 aromatic heterocycles. The molecule has 0 bridgehead atoms. The van der Waals surface area contributed by atoms with Gasteiger partial charge in [0.1, 0.15) is 52.4 Å². The van der Waals surface area contributed by atoms with Crippen molar-refractivity contribution < 1.29 is 113 Å². The van der Waals surface area contributed by atoms with Crippen molar-refractivity contribution in [3.05, 3.63) is 136 Å². The number of aryl methyl sites for hydroxylation is 2. The highest BCUT2D eigenvalue weighted by Crippen LogP contribution is 2.57. The number of hydrogen-bond acceptors (Lipinski definition) is 20. The smallest absolute Gasteiger partial charge is 0.340 e. The Morgan fingerprint density at radius 2 is 1.07 bits per heavy atom. The zero-order valence-electron chi connectivity index (χ0n) is 52.2. The van der Waals surface area contributed by atoms with E-state index in [0.29, 0.717) is 63.9 Å². The van der Waals surface area contributed by atoms with Crippen LogP contribution in [-0.2, 0) is 79.3 Å². The molecule has 0 aliphatic carbocycles. The van der Waals surface area contributed by atoms with E-state index in [-0.39, 0.29) is 156 Å². The average molecular weight is 1340 g/mol. The van der Waals surface area contributed by atoms with Crippen molar-refractivity contribution >= 4 is 65.3 Å². The zero-order chi connectivity index (χ0) is 69.5. The summed E-state index contributed by atoms with van der Waals surface area (Å²) in [6, 6.07) is 18.5. The number of fused-ring (bicyclic) bond motifs is 6. The van der Waals surface area contributed by atoms with Crippen LogP contribution in [0.1, 0.15) is 107 Å². The number of aliphatic carboxylic acids is 5.